The van der Waals surface area contributed by atoms with Crippen molar-refractivity contribution in [1.29, 1.82) is 0 Å². The second-order valence-electron chi connectivity index (χ2n) is 5.82. The van der Waals surface area contributed by atoms with Gasteiger partial charge in [0.2, 0.25) is 0 Å². The Kier molecular flexibility index (Phi) is 5.89. The fourth-order valence-electron chi connectivity index (χ4n) is 1.97. The molecule has 0 fully saturated rings. The number of likely N-dealkylation sites (N-methyl/N-ethyl adjacent to an activating group) is 1. The van der Waals surface area contributed by atoms with Gasteiger partial charge in [0.25, 0.3) is 0 Å². The lowest BCUT2D eigenvalue weighted by molar-refractivity contribution is 0.288. The maximum Gasteiger partial charge on any atom is 0.0363 e. The molecule has 1 N–H and O–H groups in total. The second-order valence-corrected chi connectivity index (χ2v) is 5.82. The van der Waals surface area contributed by atoms with Crippen LogP contribution in [0, 0.1) is 0 Å². The third-order valence-electron chi connectivity index (χ3n) is 3.27. The molecule has 0 aromatic carbocycles. The number of nitrogens with zero attached hydrogens (tertiary/aromatic N) is 2. The molecule has 0 aliphatic carbocycles. The molecule has 0 saturated heterocycles. The molecular weight excluding hydrogens is 222 g/mol. The first-order valence-electron chi connectivity index (χ1n) is 7.07. The minimum Gasteiger partial charge on any atom is -0.349 e. The van der Waals surface area contributed by atoms with Crippen molar-refractivity contribution in [2.75, 3.05) is 19.6 Å². The van der Waals surface area contributed by atoms with Crippen molar-refractivity contribution in [1.82, 2.24) is 14.8 Å². The third kappa shape index (κ3) is 5.23. The summed E-state index contributed by atoms with van der Waals surface area (Å²) in [6, 6.07) is 4.35. The van der Waals surface area contributed by atoms with E-state index in [2.05, 4.69) is 67.7 Å². The lowest BCUT2D eigenvalue weighted by atomic mass is 10.1. The normalized spacial score (nSPS) is 12.3. The van der Waals surface area contributed by atoms with Crippen LogP contribution in [-0.2, 0) is 13.1 Å². The Labute approximate surface area is 112 Å². The van der Waals surface area contributed by atoms with Gasteiger partial charge < -0.3 is 14.8 Å². The van der Waals surface area contributed by atoms with Crippen LogP contribution in [0.1, 0.15) is 40.3 Å². The zero-order chi connectivity index (χ0) is 13.6. The largest absolute Gasteiger partial charge is 0.349 e. The van der Waals surface area contributed by atoms with Crippen molar-refractivity contribution in [3.05, 3.63) is 24.0 Å². The molecule has 0 saturated carbocycles. The summed E-state index contributed by atoms with van der Waals surface area (Å²) in [6.45, 7) is 16.5. The van der Waals surface area contributed by atoms with E-state index in [1.54, 1.807) is 0 Å². The zero-order valence-corrected chi connectivity index (χ0v) is 12.7. The molecule has 3 heteroatoms. The van der Waals surface area contributed by atoms with Gasteiger partial charge in [0.15, 0.2) is 0 Å². The molecule has 1 rings (SSSR count). The monoisotopic (exact) mass is 251 g/mol. The third-order valence-corrected chi connectivity index (χ3v) is 3.27. The quantitative estimate of drug-likeness (QED) is 0.804. The number of hydrogen-bond acceptors (Lipinski definition) is 2. The maximum atomic E-state index is 3.55. The molecule has 3 nitrogen and oxygen atoms in total. The molecule has 0 spiro atoms. The average molecular weight is 251 g/mol. The van der Waals surface area contributed by atoms with Crippen LogP contribution in [-0.4, -0.2) is 34.6 Å². The molecule has 0 bridgehead atoms. The lowest BCUT2D eigenvalue weighted by Crippen LogP contribution is -2.36. The molecular formula is C15H29N3. The van der Waals surface area contributed by atoms with E-state index in [-0.39, 0.29) is 5.54 Å². The van der Waals surface area contributed by atoms with Crippen molar-refractivity contribution in [3.63, 3.8) is 0 Å². The molecule has 0 aliphatic rings. The number of hydrogen-bond donors (Lipinski definition) is 1. The summed E-state index contributed by atoms with van der Waals surface area (Å²) in [5.41, 5.74) is 1.55. The number of aromatic nitrogens is 1. The van der Waals surface area contributed by atoms with Gasteiger partial charge in [-0.3, -0.25) is 0 Å². The van der Waals surface area contributed by atoms with E-state index in [0.717, 1.165) is 32.7 Å². The number of nitrogens with one attached hydrogen (secondary N) is 1. The van der Waals surface area contributed by atoms with Gasteiger partial charge >= 0.3 is 0 Å². The van der Waals surface area contributed by atoms with Gasteiger partial charge in [-0.05, 0) is 46.0 Å². The van der Waals surface area contributed by atoms with Crippen molar-refractivity contribution in [2.24, 2.45) is 0 Å². The van der Waals surface area contributed by atoms with E-state index in [1.807, 2.05) is 0 Å². The van der Waals surface area contributed by atoms with E-state index < -0.39 is 0 Å². The highest BCUT2D eigenvalue weighted by molar-refractivity contribution is 5.07. The Balaban J connectivity index is 2.49. The van der Waals surface area contributed by atoms with Crippen LogP contribution in [0.3, 0.4) is 0 Å². The Hall–Kier alpha value is -0.800. The van der Waals surface area contributed by atoms with E-state index in [4.69, 9.17) is 0 Å². The van der Waals surface area contributed by atoms with Gasteiger partial charge in [-0.2, -0.15) is 0 Å². The van der Waals surface area contributed by atoms with Crippen LogP contribution in [0.25, 0.3) is 0 Å². The highest BCUT2D eigenvalue weighted by Crippen LogP contribution is 2.06. The summed E-state index contributed by atoms with van der Waals surface area (Å²) < 4.78 is 2.36. The zero-order valence-electron chi connectivity index (χ0n) is 12.7. The molecule has 104 valence electrons. The second kappa shape index (κ2) is 6.95. The Bertz CT molecular complexity index is 332. The summed E-state index contributed by atoms with van der Waals surface area (Å²) in [7, 11) is 0. The van der Waals surface area contributed by atoms with Crippen molar-refractivity contribution in [2.45, 2.75) is 53.2 Å². The van der Waals surface area contributed by atoms with Crippen molar-refractivity contribution in [3.8, 4) is 0 Å². The minimum absolute atomic E-state index is 0.175. The van der Waals surface area contributed by atoms with Gasteiger partial charge in [0.1, 0.15) is 0 Å². The molecule has 1 aromatic heterocycles. The Morgan fingerprint density at radius 1 is 1.22 bits per heavy atom. The fraction of sp³-hybridized carbons (Fsp3) is 0.733. The van der Waals surface area contributed by atoms with E-state index in [9.17, 15) is 0 Å². The summed E-state index contributed by atoms with van der Waals surface area (Å²) in [4.78, 5) is 2.46. The highest BCUT2D eigenvalue weighted by atomic mass is 15.1. The molecule has 1 aromatic rings. The molecule has 0 atom stereocenters. The summed E-state index contributed by atoms with van der Waals surface area (Å²) in [5, 5.41) is 3.55. The number of rotatable bonds is 7. The molecule has 18 heavy (non-hydrogen) atoms. The molecule has 0 radical (unpaired) electrons. The summed E-state index contributed by atoms with van der Waals surface area (Å²) >= 11 is 0. The van der Waals surface area contributed by atoms with Gasteiger partial charge in [-0.15, -0.1) is 0 Å². The first-order valence-corrected chi connectivity index (χ1v) is 7.07. The molecule has 0 aliphatic heterocycles. The summed E-state index contributed by atoms with van der Waals surface area (Å²) in [6.07, 6.45) is 2.18. The molecule has 0 unspecified atom stereocenters. The SMILES string of the molecule is CCN(CC)CCn1cccc1CNC(C)(C)C. The predicted octanol–water partition coefficient (Wildman–Crippen LogP) is 2.72. The highest BCUT2D eigenvalue weighted by Gasteiger charge is 2.10. The van der Waals surface area contributed by atoms with Crippen LogP contribution in [0.2, 0.25) is 0 Å². The molecule has 1 heterocycles. The minimum atomic E-state index is 0.175. The van der Waals surface area contributed by atoms with Crippen LogP contribution in [0.5, 0.6) is 0 Å². The summed E-state index contributed by atoms with van der Waals surface area (Å²) in [5.74, 6) is 0. The van der Waals surface area contributed by atoms with Gasteiger partial charge in [-0.25, -0.2) is 0 Å². The van der Waals surface area contributed by atoms with Crippen LogP contribution in [0.4, 0.5) is 0 Å². The maximum absolute atomic E-state index is 3.55. The fourth-order valence-corrected chi connectivity index (χ4v) is 1.97. The first-order chi connectivity index (χ1) is 8.46. The average Bonchev–Trinajstić information content (AvgIpc) is 2.74. The van der Waals surface area contributed by atoms with E-state index in [0.29, 0.717) is 0 Å². The topological polar surface area (TPSA) is 20.2 Å². The standard InChI is InChI=1S/C15H29N3/c1-6-17(7-2)11-12-18-10-8-9-14(18)13-16-15(3,4)5/h8-10,16H,6-7,11-13H2,1-5H3. The smallest absolute Gasteiger partial charge is 0.0363 e. The lowest BCUT2D eigenvalue weighted by Gasteiger charge is -2.22. The van der Waals surface area contributed by atoms with E-state index in [1.165, 1.54) is 5.69 Å². The van der Waals surface area contributed by atoms with Crippen LogP contribution >= 0.6 is 0 Å². The van der Waals surface area contributed by atoms with Crippen LogP contribution in [0.15, 0.2) is 18.3 Å². The first kappa shape index (κ1) is 15.3. The van der Waals surface area contributed by atoms with Gasteiger partial charge in [-0.1, -0.05) is 13.8 Å². The van der Waals surface area contributed by atoms with Crippen molar-refractivity contribution < 1.29 is 0 Å². The Morgan fingerprint density at radius 3 is 2.44 bits per heavy atom. The van der Waals surface area contributed by atoms with Gasteiger partial charge in [0, 0.05) is 37.1 Å². The molecule has 0 amide bonds. The van der Waals surface area contributed by atoms with Crippen molar-refractivity contribution >= 4 is 0 Å². The predicted molar refractivity (Wildman–Crippen MR) is 78.8 cm³/mol. The van der Waals surface area contributed by atoms with Gasteiger partial charge in [0.05, 0.1) is 0 Å². The van der Waals surface area contributed by atoms with E-state index >= 15 is 0 Å². The van der Waals surface area contributed by atoms with Crippen LogP contribution < -0.4 is 5.32 Å². The Morgan fingerprint density at radius 2 is 1.89 bits per heavy atom.